The van der Waals surface area contributed by atoms with Gasteiger partial charge in [0.15, 0.2) is 0 Å². The zero-order valence-electron chi connectivity index (χ0n) is 13.1. The van der Waals surface area contributed by atoms with Gasteiger partial charge < -0.3 is 10.0 Å². The zero-order valence-corrected chi connectivity index (χ0v) is 13.1. The number of piperidine rings is 1. The lowest BCUT2D eigenvalue weighted by Gasteiger charge is -2.36. The van der Waals surface area contributed by atoms with Crippen molar-refractivity contribution in [2.75, 3.05) is 33.3 Å². The maximum Gasteiger partial charge on any atom is 0.269 e. The Kier molecular flexibility index (Phi) is 6.30. The zero-order chi connectivity index (χ0) is 15.9. The van der Waals surface area contributed by atoms with Gasteiger partial charge in [0.1, 0.15) is 0 Å². The molecule has 1 fully saturated rings. The SMILES string of the molecule is CN(CCCO)C1CCN(Cc2ccc([N+](=O)[O-])cc2)CC1. The van der Waals surface area contributed by atoms with E-state index in [0.29, 0.717) is 6.04 Å². The lowest BCUT2D eigenvalue weighted by molar-refractivity contribution is -0.384. The molecule has 122 valence electrons. The first-order chi connectivity index (χ1) is 10.6. The minimum absolute atomic E-state index is 0.146. The van der Waals surface area contributed by atoms with Crippen LogP contribution in [0.2, 0.25) is 0 Å². The molecule has 0 amide bonds. The number of aliphatic hydroxyl groups is 1. The minimum Gasteiger partial charge on any atom is -0.396 e. The number of rotatable bonds is 7. The molecule has 1 aliphatic rings. The third-order valence-electron chi connectivity index (χ3n) is 4.40. The monoisotopic (exact) mass is 307 g/mol. The summed E-state index contributed by atoms with van der Waals surface area (Å²) >= 11 is 0. The number of nitro benzene ring substituents is 1. The van der Waals surface area contributed by atoms with Gasteiger partial charge in [-0.3, -0.25) is 15.0 Å². The predicted molar refractivity (Wildman–Crippen MR) is 85.7 cm³/mol. The van der Waals surface area contributed by atoms with Gasteiger partial charge in [0, 0.05) is 37.9 Å². The fraction of sp³-hybridized carbons (Fsp3) is 0.625. The molecule has 0 unspecified atom stereocenters. The Bertz CT molecular complexity index is 470. The first kappa shape index (κ1) is 16.9. The normalized spacial score (nSPS) is 17.0. The molecule has 1 aliphatic heterocycles. The summed E-state index contributed by atoms with van der Waals surface area (Å²) in [5.74, 6) is 0. The maximum atomic E-state index is 10.7. The van der Waals surface area contributed by atoms with Crippen LogP contribution in [0.25, 0.3) is 0 Å². The Balaban J connectivity index is 1.78. The second-order valence-corrected chi connectivity index (χ2v) is 5.99. The lowest BCUT2D eigenvalue weighted by atomic mass is 10.0. The molecule has 1 aromatic carbocycles. The number of nitro groups is 1. The molecule has 1 heterocycles. The van der Waals surface area contributed by atoms with Crippen LogP contribution in [-0.2, 0) is 6.54 Å². The number of aliphatic hydroxyl groups excluding tert-OH is 1. The van der Waals surface area contributed by atoms with Crippen molar-refractivity contribution < 1.29 is 10.0 Å². The molecule has 0 aliphatic carbocycles. The highest BCUT2D eigenvalue weighted by atomic mass is 16.6. The maximum absolute atomic E-state index is 10.7. The van der Waals surface area contributed by atoms with Gasteiger partial charge in [-0.25, -0.2) is 0 Å². The molecule has 22 heavy (non-hydrogen) atoms. The summed E-state index contributed by atoms with van der Waals surface area (Å²) in [6, 6.07) is 7.43. The summed E-state index contributed by atoms with van der Waals surface area (Å²) in [5.41, 5.74) is 1.27. The third kappa shape index (κ3) is 4.76. The topological polar surface area (TPSA) is 69.8 Å². The van der Waals surface area contributed by atoms with E-state index in [1.807, 2.05) is 12.1 Å². The molecular formula is C16H25N3O3. The van der Waals surface area contributed by atoms with E-state index in [-0.39, 0.29) is 17.2 Å². The van der Waals surface area contributed by atoms with Crippen LogP contribution in [0.3, 0.4) is 0 Å². The molecule has 1 N–H and O–H groups in total. The highest BCUT2D eigenvalue weighted by Gasteiger charge is 2.22. The molecule has 0 radical (unpaired) electrons. The van der Waals surface area contributed by atoms with Gasteiger partial charge in [-0.15, -0.1) is 0 Å². The van der Waals surface area contributed by atoms with Crippen molar-refractivity contribution in [2.24, 2.45) is 0 Å². The number of hydrogen-bond donors (Lipinski definition) is 1. The number of non-ortho nitro benzene ring substituents is 1. The van der Waals surface area contributed by atoms with E-state index in [9.17, 15) is 10.1 Å². The van der Waals surface area contributed by atoms with Crippen molar-refractivity contribution in [3.05, 3.63) is 39.9 Å². The lowest BCUT2D eigenvalue weighted by Crippen LogP contribution is -2.43. The first-order valence-electron chi connectivity index (χ1n) is 7.87. The van der Waals surface area contributed by atoms with Crippen LogP contribution >= 0.6 is 0 Å². The second kappa shape index (κ2) is 8.22. The quantitative estimate of drug-likeness (QED) is 0.615. The average Bonchev–Trinajstić information content (AvgIpc) is 2.54. The molecule has 1 aromatic rings. The van der Waals surface area contributed by atoms with Crippen LogP contribution in [-0.4, -0.2) is 59.2 Å². The standard InChI is InChI=1S/C16H25N3O3/c1-17(9-2-12-20)15-7-10-18(11-8-15)13-14-3-5-16(6-4-14)19(21)22/h3-6,15,20H,2,7-13H2,1H3. The molecule has 6 heteroatoms. The van der Waals surface area contributed by atoms with Gasteiger partial charge in [0.2, 0.25) is 0 Å². The van der Waals surface area contributed by atoms with Crippen molar-refractivity contribution in [3.8, 4) is 0 Å². The summed E-state index contributed by atoms with van der Waals surface area (Å²) in [4.78, 5) is 15.0. The molecule has 0 saturated carbocycles. The van der Waals surface area contributed by atoms with Crippen molar-refractivity contribution in [3.63, 3.8) is 0 Å². The number of nitrogens with zero attached hydrogens (tertiary/aromatic N) is 3. The molecule has 0 atom stereocenters. The van der Waals surface area contributed by atoms with Crippen molar-refractivity contribution in [2.45, 2.75) is 31.8 Å². The molecule has 2 rings (SSSR count). The van der Waals surface area contributed by atoms with Gasteiger partial charge in [-0.2, -0.15) is 0 Å². The molecule has 1 saturated heterocycles. The summed E-state index contributed by atoms with van der Waals surface area (Å²) in [6.45, 7) is 4.15. The summed E-state index contributed by atoms with van der Waals surface area (Å²) in [6.07, 6.45) is 3.10. The van der Waals surface area contributed by atoms with Crippen molar-refractivity contribution >= 4 is 5.69 Å². The smallest absolute Gasteiger partial charge is 0.269 e. The van der Waals surface area contributed by atoms with Gasteiger partial charge in [0.25, 0.3) is 5.69 Å². The number of benzene rings is 1. The summed E-state index contributed by atoms with van der Waals surface area (Å²) in [5, 5.41) is 19.5. The molecule has 6 nitrogen and oxygen atoms in total. The van der Waals surface area contributed by atoms with Crippen molar-refractivity contribution in [1.29, 1.82) is 0 Å². The van der Waals surface area contributed by atoms with Crippen LogP contribution in [0.5, 0.6) is 0 Å². The van der Waals surface area contributed by atoms with Gasteiger partial charge in [-0.1, -0.05) is 12.1 Å². The predicted octanol–water partition coefficient (Wildman–Crippen LogP) is 1.87. The molecule has 0 spiro atoms. The average molecular weight is 307 g/mol. The summed E-state index contributed by atoms with van der Waals surface area (Å²) < 4.78 is 0. The molecule has 0 aromatic heterocycles. The van der Waals surface area contributed by atoms with Crippen LogP contribution in [0.4, 0.5) is 5.69 Å². The highest BCUT2D eigenvalue weighted by Crippen LogP contribution is 2.19. The van der Waals surface area contributed by atoms with E-state index >= 15 is 0 Å². The van der Waals surface area contributed by atoms with Crippen molar-refractivity contribution in [1.82, 2.24) is 9.80 Å². The van der Waals surface area contributed by atoms with Crippen LogP contribution in [0.1, 0.15) is 24.8 Å². The first-order valence-corrected chi connectivity index (χ1v) is 7.87. The number of likely N-dealkylation sites (tertiary alicyclic amines) is 1. The van der Waals surface area contributed by atoms with E-state index in [1.165, 1.54) is 0 Å². The van der Waals surface area contributed by atoms with Gasteiger partial charge >= 0.3 is 0 Å². The minimum atomic E-state index is -0.364. The Morgan fingerprint density at radius 3 is 2.50 bits per heavy atom. The fourth-order valence-electron chi connectivity index (χ4n) is 3.00. The second-order valence-electron chi connectivity index (χ2n) is 5.99. The van der Waals surface area contributed by atoms with E-state index in [4.69, 9.17) is 5.11 Å². The molecule has 0 bridgehead atoms. The van der Waals surface area contributed by atoms with E-state index < -0.39 is 0 Å². The van der Waals surface area contributed by atoms with Crippen LogP contribution < -0.4 is 0 Å². The van der Waals surface area contributed by atoms with E-state index in [2.05, 4.69) is 16.8 Å². The Labute approximate surface area is 131 Å². The van der Waals surface area contributed by atoms with E-state index in [0.717, 1.165) is 51.0 Å². The number of hydrogen-bond acceptors (Lipinski definition) is 5. The molecular weight excluding hydrogens is 282 g/mol. The Morgan fingerprint density at radius 1 is 1.32 bits per heavy atom. The summed E-state index contributed by atoms with van der Waals surface area (Å²) in [7, 11) is 2.13. The van der Waals surface area contributed by atoms with E-state index in [1.54, 1.807) is 12.1 Å². The third-order valence-corrected chi connectivity index (χ3v) is 4.40. The van der Waals surface area contributed by atoms with Crippen LogP contribution in [0, 0.1) is 10.1 Å². The Hall–Kier alpha value is -1.50. The highest BCUT2D eigenvalue weighted by molar-refractivity contribution is 5.32. The van der Waals surface area contributed by atoms with Gasteiger partial charge in [-0.05, 0) is 45.0 Å². The Morgan fingerprint density at radius 2 is 1.95 bits per heavy atom. The fourth-order valence-corrected chi connectivity index (χ4v) is 3.00. The van der Waals surface area contributed by atoms with Gasteiger partial charge in [0.05, 0.1) is 4.92 Å². The van der Waals surface area contributed by atoms with Crippen LogP contribution in [0.15, 0.2) is 24.3 Å². The largest absolute Gasteiger partial charge is 0.396 e.